The van der Waals surface area contributed by atoms with Crippen LogP contribution in [-0.2, 0) is 11.3 Å². The number of hydrogen-bond donors (Lipinski definition) is 1. The molecule has 3 aromatic carbocycles. The van der Waals surface area contributed by atoms with Gasteiger partial charge in [-0.15, -0.1) is 0 Å². The minimum Gasteiger partial charge on any atom is -0.484 e. The molecule has 0 aromatic heterocycles. The van der Waals surface area contributed by atoms with Crippen LogP contribution in [0, 0.1) is 13.8 Å². The van der Waals surface area contributed by atoms with E-state index in [1.165, 1.54) is 5.56 Å². The Labute approximate surface area is 177 Å². The van der Waals surface area contributed by atoms with Crippen molar-refractivity contribution in [2.75, 3.05) is 19.0 Å². The molecular weight excluding hydrogens is 376 g/mol. The number of carbonyl (C=O) groups excluding carboxylic acids is 2. The van der Waals surface area contributed by atoms with Crippen molar-refractivity contribution in [2.45, 2.75) is 20.4 Å². The molecule has 0 saturated carbocycles. The molecule has 0 heterocycles. The maximum atomic E-state index is 12.7. The topological polar surface area (TPSA) is 58.6 Å². The number of anilines is 1. The summed E-state index contributed by atoms with van der Waals surface area (Å²) in [6.07, 6.45) is 0. The molecule has 5 heteroatoms. The van der Waals surface area contributed by atoms with E-state index in [9.17, 15) is 9.59 Å². The third-order valence-electron chi connectivity index (χ3n) is 4.85. The van der Waals surface area contributed by atoms with Gasteiger partial charge in [-0.25, -0.2) is 0 Å². The summed E-state index contributed by atoms with van der Waals surface area (Å²) in [6.45, 7) is 4.44. The predicted octanol–water partition coefficient (Wildman–Crippen LogP) is 4.59. The van der Waals surface area contributed by atoms with Crippen molar-refractivity contribution in [3.63, 3.8) is 0 Å². The van der Waals surface area contributed by atoms with Gasteiger partial charge in [-0.3, -0.25) is 9.59 Å². The van der Waals surface area contributed by atoms with E-state index >= 15 is 0 Å². The summed E-state index contributed by atoms with van der Waals surface area (Å²) in [5, 5.41) is 2.79. The zero-order valence-electron chi connectivity index (χ0n) is 17.5. The van der Waals surface area contributed by atoms with Crippen LogP contribution in [0.15, 0.2) is 72.8 Å². The van der Waals surface area contributed by atoms with Gasteiger partial charge < -0.3 is 15.0 Å². The third-order valence-corrected chi connectivity index (χ3v) is 4.85. The number of nitrogens with zero attached hydrogens (tertiary/aromatic N) is 1. The van der Waals surface area contributed by atoms with Crippen molar-refractivity contribution in [1.82, 2.24) is 4.90 Å². The number of aryl methyl sites for hydroxylation is 2. The number of ether oxygens (including phenoxy) is 1. The van der Waals surface area contributed by atoms with Crippen LogP contribution < -0.4 is 10.1 Å². The van der Waals surface area contributed by atoms with Crippen molar-refractivity contribution in [3.05, 3.63) is 95.1 Å². The zero-order valence-corrected chi connectivity index (χ0v) is 17.5. The highest BCUT2D eigenvalue weighted by Crippen LogP contribution is 2.17. The van der Waals surface area contributed by atoms with Gasteiger partial charge in [-0.1, -0.05) is 42.5 Å². The Kier molecular flexibility index (Phi) is 6.86. The fourth-order valence-electron chi connectivity index (χ4n) is 3.03. The highest BCUT2D eigenvalue weighted by Gasteiger charge is 2.13. The SMILES string of the molecule is Cc1ccc(OCC(=O)Nc2cccc(C(=O)N(C)Cc3ccccc3)c2)cc1C. The molecule has 3 rings (SSSR count). The first-order valence-corrected chi connectivity index (χ1v) is 9.82. The van der Waals surface area contributed by atoms with E-state index in [4.69, 9.17) is 4.74 Å². The highest BCUT2D eigenvalue weighted by atomic mass is 16.5. The molecule has 30 heavy (non-hydrogen) atoms. The maximum absolute atomic E-state index is 12.7. The van der Waals surface area contributed by atoms with Crippen molar-refractivity contribution >= 4 is 17.5 Å². The lowest BCUT2D eigenvalue weighted by atomic mass is 10.1. The molecule has 0 spiro atoms. The molecule has 0 aliphatic carbocycles. The highest BCUT2D eigenvalue weighted by molar-refractivity contribution is 5.97. The van der Waals surface area contributed by atoms with Crippen molar-refractivity contribution in [1.29, 1.82) is 0 Å². The van der Waals surface area contributed by atoms with Gasteiger partial charge in [0, 0.05) is 24.8 Å². The lowest BCUT2D eigenvalue weighted by Gasteiger charge is -2.18. The number of hydrogen-bond acceptors (Lipinski definition) is 3. The molecule has 0 fully saturated rings. The monoisotopic (exact) mass is 402 g/mol. The van der Waals surface area contributed by atoms with Gasteiger partial charge in [0.2, 0.25) is 0 Å². The van der Waals surface area contributed by atoms with Crippen LogP contribution in [-0.4, -0.2) is 30.4 Å². The third kappa shape index (κ3) is 5.70. The van der Waals surface area contributed by atoms with Crippen LogP contribution in [0.1, 0.15) is 27.0 Å². The van der Waals surface area contributed by atoms with E-state index in [0.717, 1.165) is 11.1 Å². The first kappa shape index (κ1) is 21.1. The summed E-state index contributed by atoms with van der Waals surface area (Å²) in [5.41, 5.74) is 4.41. The summed E-state index contributed by atoms with van der Waals surface area (Å²) in [4.78, 5) is 26.7. The maximum Gasteiger partial charge on any atom is 0.262 e. The fourth-order valence-corrected chi connectivity index (χ4v) is 3.03. The molecule has 1 N–H and O–H groups in total. The summed E-state index contributed by atoms with van der Waals surface area (Å²) < 4.78 is 5.57. The van der Waals surface area contributed by atoms with E-state index < -0.39 is 0 Å². The van der Waals surface area contributed by atoms with Gasteiger partial charge in [0.15, 0.2) is 6.61 Å². The van der Waals surface area contributed by atoms with Gasteiger partial charge in [-0.05, 0) is 60.9 Å². The number of rotatable bonds is 7. The first-order valence-electron chi connectivity index (χ1n) is 9.82. The molecule has 0 unspecified atom stereocenters. The second kappa shape index (κ2) is 9.74. The van der Waals surface area contributed by atoms with Gasteiger partial charge in [0.1, 0.15) is 5.75 Å². The van der Waals surface area contributed by atoms with Gasteiger partial charge in [0.05, 0.1) is 0 Å². The van der Waals surface area contributed by atoms with Crippen LogP contribution in [0.25, 0.3) is 0 Å². The first-order chi connectivity index (χ1) is 14.4. The lowest BCUT2D eigenvalue weighted by molar-refractivity contribution is -0.118. The van der Waals surface area contributed by atoms with Crippen LogP contribution in [0.3, 0.4) is 0 Å². The number of benzene rings is 3. The minimum atomic E-state index is -0.282. The smallest absolute Gasteiger partial charge is 0.262 e. The summed E-state index contributed by atoms with van der Waals surface area (Å²) in [6, 6.07) is 22.4. The summed E-state index contributed by atoms with van der Waals surface area (Å²) >= 11 is 0. The van der Waals surface area contributed by atoms with E-state index in [1.807, 2.05) is 62.4 Å². The lowest BCUT2D eigenvalue weighted by Crippen LogP contribution is -2.26. The summed E-state index contributed by atoms with van der Waals surface area (Å²) in [7, 11) is 1.76. The number of nitrogens with one attached hydrogen (secondary N) is 1. The Balaban J connectivity index is 1.58. The largest absolute Gasteiger partial charge is 0.484 e. The van der Waals surface area contributed by atoms with Gasteiger partial charge in [0.25, 0.3) is 11.8 Å². The molecule has 0 aliphatic heterocycles. The molecule has 0 atom stereocenters. The van der Waals surface area contributed by atoms with Gasteiger partial charge >= 0.3 is 0 Å². The average Bonchev–Trinajstić information content (AvgIpc) is 2.75. The van der Waals surface area contributed by atoms with E-state index in [-0.39, 0.29) is 18.4 Å². The van der Waals surface area contributed by atoms with E-state index in [1.54, 1.807) is 36.2 Å². The van der Waals surface area contributed by atoms with Crippen molar-refractivity contribution in [3.8, 4) is 5.75 Å². The average molecular weight is 402 g/mol. The molecule has 0 saturated heterocycles. The van der Waals surface area contributed by atoms with Crippen molar-refractivity contribution < 1.29 is 14.3 Å². The molecular formula is C25H26N2O3. The molecule has 2 amide bonds. The quantitative estimate of drug-likeness (QED) is 0.629. The number of amides is 2. The van der Waals surface area contributed by atoms with Crippen LogP contribution in [0.5, 0.6) is 5.75 Å². The Hall–Kier alpha value is -3.60. The van der Waals surface area contributed by atoms with Gasteiger partial charge in [-0.2, -0.15) is 0 Å². The Bertz CT molecular complexity index is 1030. The second-order valence-electron chi connectivity index (χ2n) is 7.31. The number of carbonyl (C=O) groups is 2. The minimum absolute atomic E-state index is 0.103. The molecule has 0 aliphatic rings. The Morgan fingerprint density at radius 2 is 1.67 bits per heavy atom. The normalized spacial score (nSPS) is 10.4. The molecule has 5 nitrogen and oxygen atoms in total. The Morgan fingerprint density at radius 3 is 2.40 bits per heavy atom. The Morgan fingerprint density at radius 1 is 0.900 bits per heavy atom. The summed E-state index contributed by atoms with van der Waals surface area (Å²) in [5.74, 6) is 0.261. The molecule has 154 valence electrons. The van der Waals surface area contributed by atoms with Crippen LogP contribution in [0.2, 0.25) is 0 Å². The van der Waals surface area contributed by atoms with Crippen LogP contribution in [0.4, 0.5) is 5.69 Å². The molecule has 0 bridgehead atoms. The molecule has 0 radical (unpaired) electrons. The second-order valence-corrected chi connectivity index (χ2v) is 7.31. The molecule has 3 aromatic rings. The van der Waals surface area contributed by atoms with Crippen LogP contribution >= 0.6 is 0 Å². The van der Waals surface area contributed by atoms with E-state index in [2.05, 4.69) is 5.32 Å². The van der Waals surface area contributed by atoms with E-state index in [0.29, 0.717) is 23.5 Å². The standard InChI is InChI=1S/C25H26N2O3/c1-18-12-13-23(14-19(18)2)30-17-24(28)26-22-11-7-10-21(15-22)25(29)27(3)16-20-8-5-4-6-9-20/h4-15H,16-17H2,1-3H3,(H,26,28). The predicted molar refractivity (Wildman–Crippen MR) is 119 cm³/mol. The zero-order chi connectivity index (χ0) is 21.5. The fraction of sp³-hybridized carbons (Fsp3) is 0.200. The van der Waals surface area contributed by atoms with Crippen molar-refractivity contribution in [2.24, 2.45) is 0 Å².